The molecule has 246 valence electrons. The van der Waals surface area contributed by atoms with Crippen LogP contribution in [0.2, 0.25) is 0 Å². The second-order valence-electron chi connectivity index (χ2n) is 14.3. The summed E-state index contributed by atoms with van der Waals surface area (Å²) in [4.78, 5) is 17.1. The summed E-state index contributed by atoms with van der Waals surface area (Å²) < 4.78 is 47.7. The molecule has 4 unspecified atom stereocenters. The van der Waals surface area contributed by atoms with Crippen LogP contribution >= 0.6 is 0 Å². The molecule has 0 saturated heterocycles. The Morgan fingerprint density at radius 2 is 1.80 bits per heavy atom. The standard InChI is InChI=1S/C37H43F2NO6/c1-19(2)16-45-35(42)34-28-10-22-11-32(40-15-29(22)37(28,34)6)44-17-23-9-27(31(39)14-30(23)38)33-20(3)7-25(8-21(33)4)46-26-12-24(13-26)36(5,43)18-41/h7-9,11,14-15,19,24,26,28,34,41,43H,10,12-13,16-18H2,1-6H3. The van der Waals surface area contributed by atoms with Crippen molar-refractivity contribution < 1.29 is 38.0 Å². The van der Waals surface area contributed by atoms with Crippen molar-refractivity contribution in [2.45, 2.75) is 84.5 Å². The maximum Gasteiger partial charge on any atom is 0.310 e. The number of carbonyl (C=O) groups excluding carboxylic acids is 1. The van der Waals surface area contributed by atoms with Gasteiger partial charge < -0.3 is 24.4 Å². The monoisotopic (exact) mass is 635 g/mol. The molecule has 1 aromatic heterocycles. The van der Waals surface area contributed by atoms with Gasteiger partial charge in [-0.1, -0.05) is 20.8 Å². The summed E-state index contributed by atoms with van der Waals surface area (Å²) in [5.41, 5.74) is 3.38. The smallest absolute Gasteiger partial charge is 0.310 e. The maximum absolute atomic E-state index is 15.2. The molecule has 3 aliphatic rings. The summed E-state index contributed by atoms with van der Waals surface area (Å²) in [6, 6.07) is 7.92. The number of nitrogens with zero attached hydrogens (tertiary/aromatic N) is 1. The number of benzene rings is 2. The molecule has 3 aromatic rings. The molecule has 4 atom stereocenters. The van der Waals surface area contributed by atoms with Crippen molar-refractivity contribution in [1.29, 1.82) is 0 Å². The van der Waals surface area contributed by atoms with Gasteiger partial charge in [0.2, 0.25) is 5.88 Å². The number of pyridine rings is 1. The number of aromatic nitrogens is 1. The van der Waals surface area contributed by atoms with Crippen LogP contribution in [0.15, 0.2) is 36.5 Å². The highest BCUT2D eigenvalue weighted by Crippen LogP contribution is 2.66. The van der Waals surface area contributed by atoms with Gasteiger partial charge in [-0.2, -0.15) is 0 Å². The lowest BCUT2D eigenvalue weighted by Gasteiger charge is -2.43. The van der Waals surface area contributed by atoms with Crippen LogP contribution in [0.5, 0.6) is 11.6 Å². The second kappa shape index (κ2) is 11.9. The molecule has 0 radical (unpaired) electrons. The lowest BCUT2D eigenvalue weighted by Crippen LogP contribution is -2.49. The normalized spacial score (nSPS) is 25.7. The molecule has 9 heteroatoms. The largest absolute Gasteiger partial charge is 0.490 e. The minimum Gasteiger partial charge on any atom is -0.490 e. The molecule has 46 heavy (non-hydrogen) atoms. The average molecular weight is 636 g/mol. The quantitative estimate of drug-likeness (QED) is 0.236. The number of aliphatic hydroxyl groups is 2. The fourth-order valence-electron chi connectivity index (χ4n) is 7.45. The van der Waals surface area contributed by atoms with Crippen LogP contribution in [0.4, 0.5) is 8.78 Å². The minimum atomic E-state index is -1.12. The third-order valence-corrected chi connectivity index (χ3v) is 10.4. The first kappa shape index (κ1) is 32.4. The molecule has 2 N–H and O–H groups in total. The highest BCUT2D eigenvalue weighted by atomic mass is 19.1. The van der Waals surface area contributed by atoms with Crippen LogP contribution in [0.25, 0.3) is 11.1 Å². The van der Waals surface area contributed by atoms with E-state index in [9.17, 15) is 19.4 Å². The molecule has 0 aliphatic heterocycles. The Labute approximate surface area is 268 Å². The van der Waals surface area contributed by atoms with Gasteiger partial charge in [0.05, 0.1) is 30.8 Å². The first-order chi connectivity index (χ1) is 21.7. The SMILES string of the molecule is Cc1cc(OC2CC(C(C)(O)CO)C2)cc(C)c1-c1cc(COc2cc3c(cn2)C2(C)C(C3)C2C(=O)OCC(C)C)c(F)cc1F. The highest BCUT2D eigenvalue weighted by molar-refractivity contribution is 5.81. The van der Waals surface area contributed by atoms with Crippen molar-refractivity contribution in [2.75, 3.05) is 13.2 Å². The van der Waals surface area contributed by atoms with Gasteiger partial charge in [0, 0.05) is 34.9 Å². The first-order valence-corrected chi connectivity index (χ1v) is 16.1. The molecule has 0 bridgehead atoms. The third-order valence-electron chi connectivity index (χ3n) is 10.4. The van der Waals surface area contributed by atoms with Crippen LogP contribution in [0.3, 0.4) is 0 Å². The average Bonchev–Trinajstić information content (AvgIpc) is 3.45. The predicted molar refractivity (Wildman–Crippen MR) is 169 cm³/mol. The van der Waals surface area contributed by atoms with Gasteiger partial charge in [0.1, 0.15) is 24.0 Å². The van der Waals surface area contributed by atoms with Crippen LogP contribution in [0.1, 0.15) is 68.4 Å². The van der Waals surface area contributed by atoms with Crippen molar-refractivity contribution in [3.8, 4) is 22.8 Å². The summed E-state index contributed by atoms with van der Waals surface area (Å²) in [5.74, 6) is -0.264. The van der Waals surface area contributed by atoms with Crippen LogP contribution < -0.4 is 9.47 Å². The van der Waals surface area contributed by atoms with E-state index in [0.29, 0.717) is 36.6 Å². The van der Waals surface area contributed by atoms with Gasteiger partial charge in [-0.15, -0.1) is 0 Å². The van der Waals surface area contributed by atoms with Gasteiger partial charge >= 0.3 is 5.97 Å². The van der Waals surface area contributed by atoms with Crippen molar-refractivity contribution in [3.63, 3.8) is 0 Å². The van der Waals surface area contributed by atoms with Crippen molar-refractivity contribution in [3.05, 3.63) is 76.0 Å². The number of halogens is 2. The van der Waals surface area contributed by atoms with E-state index in [1.165, 1.54) is 6.07 Å². The lowest BCUT2D eigenvalue weighted by molar-refractivity contribution is -0.147. The van der Waals surface area contributed by atoms with Crippen molar-refractivity contribution in [2.24, 2.45) is 23.7 Å². The van der Waals surface area contributed by atoms with E-state index in [1.807, 2.05) is 45.9 Å². The fraction of sp³-hybridized carbons (Fsp3) is 0.514. The molecule has 3 aliphatic carbocycles. The lowest BCUT2D eigenvalue weighted by atomic mass is 9.72. The zero-order valence-electron chi connectivity index (χ0n) is 27.3. The number of ether oxygens (including phenoxy) is 3. The molecule has 6 rings (SSSR count). The maximum atomic E-state index is 15.2. The van der Waals surface area contributed by atoms with E-state index in [-0.39, 0.29) is 65.5 Å². The van der Waals surface area contributed by atoms with Crippen LogP contribution in [-0.4, -0.2) is 46.1 Å². The Kier molecular flexibility index (Phi) is 8.38. The number of aliphatic hydroxyl groups excluding tert-OH is 1. The van der Waals surface area contributed by atoms with E-state index >= 15 is 4.39 Å². The van der Waals surface area contributed by atoms with Crippen molar-refractivity contribution >= 4 is 5.97 Å². The molecular weight excluding hydrogens is 592 g/mol. The molecule has 2 fully saturated rings. The van der Waals surface area contributed by atoms with E-state index in [2.05, 4.69) is 11.9 Å². The molecule has 1 heterocycles. The molecule has 2 saturated carbocycles. The van der Waals surface area contributed by atoms with Crippen LogP contribution in [0, 0.1) is 49.2 Å². The Morgan fingerprint density at radius 3 is 2.46 bits per heavy atom. The zero-order chi connectivity index (χ0) is 33.1. The van der Waals surface area contributed by atoms with E-state index in [4.69, 9.17) is 14.2 Å². The summed E-state index contributed by atoms with van der Waals surface area (Å²) in [6.45, 7) is 11.4. The zero-order valence-corrected chi connectivity index (χ0v) is 27.3. The number of rotatable bonds is 11. The van der Waals surface area contributed by atoms with Crippen LogP contribution in [-0.2, 0) is 28.0 Å². The Hall–Kier alpha value is -3.56. The second-order valence-corrected chi connectivity index (χ2v) is 14.3. The number of hydrogen-bond donors (Lipinski definition) is 2. The molecule has 0 amide bonds. The Balaban J connectivity index is 1.13. The summed E-state index contributed by atoms with van der Waals surface area (Å²) >= 11 is 0. The number of esters is 1. The molecule has 0 spiro atoms. The number of hydrogen-bond acceptors (Lipinski definition) is 7. The molecule has 7 nitrogen and oxygen atoms in total. The molecule has 2 aromatic carbocycles. The topological polar surface area (TPSA) is 98.1 Å². The Bertz CT molecular complexity index is 1640. The number of carbonyl (C=O) groups is 1. The van der Waals surface area contributed by atoms with Crippen molar-refractivity contribution in [1.82, 2.24) is 4.98 Å². The van der Waals surface area contributed by atoms with Gasteiger partial charge in [0.15, 0.2) is 0 Å². The fourth-order valence-corrected chi connectivity index (χ4v) is 7.45. The highest BCUT2D eigenvalue weighted by Gasteiger charge is 2.70. The summed E-state index contributed by atoms with van der Waals surface area (Å²) in [5, 5.41) is 19.7. The van der Waals surface area contributed by atoms with E-state index in [1.54, 1.807) is 13.1 Å². The third kappa shape index (κ3) is 5.77. The minimum absolute atomic E-state index is 0.0311. The first-order valence-electron chi connectivity index (χ1n) is 16.1. The van der Waals surface area contributed by atoms with E-state index < -0.39 is 17.2 Å². The van der Waals surface area contributed by atoms with Gasteiger partial charge in [-0.25, -0.2) is 13.8 Å². The number of aryl methyl sites for hydroxylation is 2. The molecular formula is C37H43F2NO6. The Morgan fingerprint density at radius 1 is 1.11 bits per heavy atom. The van der Waals surface area contributed by atoms with Gasteiger partial charge in [0.25, 0.3) is 0 Å². The predicted octanol–water partition coefficient (Wildman–Crippen LogP) is 6.38. The summed E-state index contributed by atoms with van der Waals surface area (Å²) in [6.07, 6.45) is 3.67. The summed E-state index contributed by atoms with van der Waals surface area (Å²) in [7, 11) is 0. The van der Waals surface area contributed by atoms with Gasteiger partial charge in [-0.05, 0) is 104 Å². The van der Waals surface area contributed by atoms with Gasteiger partial charge in [-0.3, -0.25) is 4.79 Å². The number of fused-ring (bicyclic) bond motifs is 3. The van der Waals surface area contributed by atoms with E-state index in [0.717, 1.165) is 34.7 Å².